The first-order valence-corrected chi connectivity index (χ1v) is 7.43. The molecule has 0 N–H and O–H groups in total. The molecule has 0 radical (unpaired) electrons. The Bertz CT molecular complexity index is 655. The van der Waals surface area contributed by atoms with Gasteiger partial charge < -0.3 is 4.90 Å². The number of aromatic nitrogens is 1. The fourth-order valence-electron chi connectivity index (χ4n) is 2.97. The molecule has 0 amide bonds. The quantitative estimate of drug-likeness (QED) is 0.791. The number of Topliss-reactive ketones (excluding diaryl/α,β-unsaturated/α-hetero) is 1. The predicted octanol–water partition coefficient (Wildman–Crippen LogP) is 2.05. The summed E-state index contributed by atoms with van der Waals surface area (Å²) in [6.07, 6.45) is 2.87. The highest BCUT2D eigenvalue weighted by Gasteiger charge is 2.27. The molecule has 3 rings (SSSR count). The lowest BCUT2D eigenvalue weighted by Gasteiger charge is -2.26. The van der Waals surface area contributed by atoms with Crippen molar-refractivity contribution in [1.82, 2.24) is 14.8 Å². The second-order valence-electron chi connectivity index (χ2n) is 5.89. The number of pyridine rings is 1. The summed E-state index contributed by atoms with van der Waals surface area (Å²) in [6.45, 7) is 2.80. The maximum Gasteiger partial charge on any atom is 0.181 e. The van der Waals surface area contributed by atoms with Crippen LogP contribution in [-0.2, 0) is 0 Å². The van der Waals surface area contributed by atoms with Gasteiger partial charge in [0.2, 0.25) is 0 Å². The number of carbonyl (C=O) groups is 1. The molecule has 2 aromatic rings. The van der Waals surface area contributed by atoms with Crippen molar-refractivity contribution in [2.75, 3.05) is 33.7 Å². The van der Waals surface area contributed by atoms with Gasteiger partial charge in [0.25, 0.3) is 0 Å². The van der Waals surface area contributed by atoms with Crippen LogP contribution < -0.4 is 0 Å². The van der Waals surface area contributed by atoms with Crippen molar-refractivity contribution in [2.24, 2.45) is 0 Å². The zero-order valence-electron chi connectivity index (χ0n) is 12.6. The molecule has 1 unspecified atom stereocenters. The van der Waals surface area contributed by atoms with Gasteiger partial charge in [0.1, 0.15) is 0 Å². The number of fused-ring (bicyclic) bond motifs is 1. The molecule has 0 spiro atoms. The minimum absolute atomic E-state index is 0.0707. The third-order valence-electron chi connectivity index (χ3n) is 4.26. The lowest BCUT2D eigenvalue weighted by Crippen LogP contribution is -2.43. The summed E-state index contributed by atoms with van der Waals surface area (Å²) in [7, 11) is 4.13. The Morgan fingerprint density at radius 1 is 1.24 bits per heavy atom. The molecule has 0 aliphatic carbocycles. The summed E-state index contributed by atoms with van der Waals surface area (Å²) in [5, 5.41) is 1.07. The molecule has 1 aromatic carbocycles. The van der Waals surface area contributed by atoms with Gasteiger partial charge in [-0.05, 0) is 45.7 Å². The molecule has 1 aromatic heterocycles. The Morgan fingerprint density at radius 2 is 2.10 bits per heavy atom. The van der Waals surface area contributed by atoms with Crippen molar-refractivity contribution in [2.45, 2.75) is 12.5 Å². The Balaban J connectivity index is 1.91. The maximum atomic E-state index is 12.9. The van der Waals surface area contributed by atoms with E-state index in [0.29, 0.717) is 0 Å². The molecule has 110 valence electrons. The van der Waals surface area contributed by atoms with Crippen LogP contribution in [0.1, 0.15) is 16.8 Å². The monoisotopic (exact) mass is 283 g/mol. The van der Waals surface area contributed by atoms with Crippen LogP contribution in [0.4, 0.5) is 0 Å². The molecular formula is C17H21N3O. The number of ketones is 1. The molecule has 1 aliphatic heterocycles. The van der Waals surface area contributed by atoms with Gasteiger partial charge in [-0.2, -0.15) is 0 Å². The van der Waals surface area contributed by atoms with E-state index in [-0.39, 0.29) is 11.8 Å². The van der Waals surface area contributed by atoms with Crippen LogP contribution in [0, 0.1) is 0 Å². The van der Waals surface area contributed by atoms with Gasteiger partial charge in [-0.3, -0.25) is 14.7 Å². The van der Waals surface area contributed by atoms with Gasteiger partial charge in [0.05, 0.1) is 11.6 Å². The van der Waals surface area contributed by atoms with Gasteiger partial charge >= 0.3 is 0 Å². The van der Waals surface area contributed by atoms with Gasteiger partial charge in [0, 0.05) is 23.7 Å². The van der Waals surface area contributed by atoms with E-state index in [4.69, 9.17) is 0 Å². The number of rotatable bonds is 2. The number of hydrogen-bond donors (Lipinski definition) is 0. The third-order valence-corrected chi connectivity index (χ3v) is 4.26. The van der Waals surface area contributed by atoms with Crippen LogP contribution in [0.3, 0.4) is 0 Å². The van der Waals surface area contributed by atoms with Crippen molar-refractivity contribution < 1.29 is 4.79 Å². The average molecular weight is 283 g/mol. The molecule has 0 saturated carbocycles. The largest absolute Gasteiger partial charge is 0.304 e. The van der Waals surface area contributed by atoms with Crippen molar-refractivity contribution in [3.8, 4) is 0 Å². The third kappa shape index (κ3) is 2.96. The highest BCUT2D eigenvalue weighted by molar-refractivity contribution is 6.02. The number of carbonyl (C=O) groups excluding carboxylic acids is 1. The van der Waals surface area contributed by atoms with Crippen LogP contribution >= 0.6 is 0 Å². The smallest absolute Gasteiger partial charge is 0.181 e. The van der Waals surface area contributed by atoms with E-state index in [9.17, 15) is 4.79 Å². The van der Waals surface area contributed by atoms with Gasteiger partial charge in [-0.15, -0.1) is 0 Å². The Kier molecular flexibility index (Phi) is 3.99. The normalized spacial score (nSPS) is 21.3. The molecular weight excluding hydrogens is 262 g/mol. The van der Waals surface area contributed by atoms with Crippen LogP contribution in [0.15, 0.2) is 36.5 Å². The predicted molar refractivity (Wildman–Crippen MR) is 84.6 cm³/mol. The molecule has 4 nitrogen and oxygen atoms in total. The second kappa shape index (κ2) is 5.92. The Hall–Kier alpha value is -1.78. The van der Waals surface area contributed by atoms with Crippen LogP contribution in [0.2, 0.25) is 0 Å². The first kappa shape index (κ1) is 14.2. The molecule has 1 fully saturated rings. The molecule has 2 heterocycles. The van der Waals surface area contributed by atoms with E-state index in [0.717, 1.165) is 42.5 Å². The van der Waals surface area contributed by atoms with E-state index in [1.807, 2.05) is 37.4 Å². The van der Waals surface area contributed by atoms with Crippen molar-refractivity contribution >= 4 is 16.7 Å². The highest BCUT2D eigenvalue weighted by atomic mass is 16.1. The van der Waals surface area contributed by atoms with Crippen LogP contribution in [-0.4, -0.2) is 60.3 Å². The minimum atomic E-state index is -0.0707. The average Bonchev–Trinajstić information content (AvgIpc) is 2.67. The Morgan fingerprint density at radius 3 is 2.95 bits per heavy atom. The molecule has 1 atom stereocenters. The van der Waals surface area contributed by atoms with E-state index >= 15 is 0 Å². The number of benzene rings is 1. The lowest BCUT2D eigenvalue weighted by atomic mass is 10.0. The zero-order chi connectivity index (χ0) is 14.8. The lowest BCUT2D eigenvalue weighted by molar-refractivity contribution is 0.0839. The minimum Gasteiger partial charge on any atom is -0.304 e. The topological polar surface area (TPSA) is 36.4 Å². The summed E-state index contributed by atoms with van der Waals surface area (Å²) < 4.78 is 0. The van der Waals surface area contributed by atoms with E-state index in [2.05, 4.69) is 21.8 Å². The molecule has 1 aliphatic rings. The SMILES string of the molecule is CN1CCCN(C)C(C(=O)c2ccc3cccnc3c2)C1. The molecule has 4 heteroatoms. The summed E-state index contributed by atoms with van der Waals surface area (Å²) in [5.74, 6) is 0.193. The van der Waals surface area contributed by atoms with Crippen molar-refractivity contribution in [3.05, 3.63) is 42.1 Å². The standard InChI is InChI=1S/C17H21N3O/c1-19-9-4-10-20(2)16(12-19)17(21)14-7-6-13-5-3-8-18-15(13)11-14/h3,5-8,11,16H,4,9-10,12H2,1-2H3. The fourth-order valence-corrected chi connectivity index (χ4v) is 2.97. The first-order chi connectivity index (χ1) is 10.1. The maximum absolute atomic E-state index is 12.9. The van der Waals surface area contributed by atoms with E-state index in [1.165, 1.54) is 0 Å². The summed E-state index contributed by atoms with van der Waals surface area (Å²) in [6, 6.07) is 9.68. The summed E-state index contributed by atoms with van der Waals surface area (Å²) in [4.78, 5) is 21.6. The van der Waals surface area contributed by atoms with Crippen molar-refractivity contribution in [3.63, 3.8) is 0 Å². The second-order valence-corrected chi connectivity index (χ2v) is 5.89. The Labute approximate surface area is 125 Å². The van der Waals surface area contributed by atoms with Crippen LogP contribution in [0.5, 0.6) is 0 Å². The highest BCUT2D eigenvalue weighted by Crippen LogP contribution is 2.17. The van der Waals surface area contributed by atoms with E-state index in [1.54, 1.807) is 6.20 Å². The number of likely N-dealkylation sites (N-methyl/N-ethyl adjacent to an activating group) is 2. The van der Waals surface area contributed by atoms with Crippen molar-refractivity contribution in [1.29, 1.82) is 0 Å². The summed E-state index contributed by atoms with van der Waals surface area (Å²) >= 11 is 0. The van der Waals surface area contributed by atoms with Gasteiger partial charge in [0.15, 0.2) is 5.78 Å². The number of hydrogen-bond acceptors (Lipinski definition) is 4. The van der Waals surface area contributed by atoms with Gasteiger partial charge in [-0.1, -0.05) is 18.2 Å². The first-order valence-electron chi connectivity index (χ1n) is 7.43. The van der Waals surface area contributed by atoms with Gasteiger partial charge in [-0.25, -0.2) is 0 Å². The summed E-state index contributed by atoms with van der Waals surface area (Å²) in [5.41, 5.74) is 1.64. The fraction of sp³-hybridized carbons (Fsp3) is 0.412. The molecule has 0 bridgehead atoms. The van der Waals surface area contributed by atoms with Crippen LogP contribution in [0.25, 0.3) is 10.9 Å². The molecule has 21 heavy (non-hydrogen) atoms. The number of nitrogens with zero attached hydrogens (tertiary/aromatic N) is 3. The molecule has 1 saturated heterocycles. The zero-order valence-corrected chi connectivity index (χ0v) is 12.6. The van der Waals surface area contributed by atoms with E-state index < -0.39 is 0 Å².